The standard InChI is InChI=1S/C14H14N4O3/c19-10-9-15-11-1-3-12(4-2-11)16-17-13-5-7-14(8-6-13)18(20)21/h1-8,15,19H,9-10H2/b17-16+. The largest absolute Gasteiger partial charge is 0.395 e. The zero-order chi connectivity index (χ0) is 15.1. The van der Waals surface area contributed by atoms with Crippen molar-refractivity contribution in [3.8, 4) is 0 Å². The van der Waals surface area contributed by atoms with E-state index in [0.29, 0.717) is 17.9 Å². The molecule has 2 rings (SSSR count). The molecule has 2 aromatic carbocycles. The van der Waals surface area contributed by atoms with Crippen molar-refractivity contribution in [3.63, 3.8) is 0 Å². The van der Waals surface area contributed by atoms with E-state index in [1.54, 1.807) is 24.3 Å². The average molecular weight is 286 g/mol. The Bertz CT molecular complexity index is 624. The van der Waals surface area contributed by atoms with Gasteiger partial charge in [-0.3, -0.25) is 10.1 Å². The van der Waals surface area contributed by atoms with Gasteiger partial charge in [-0.15, -0.1) is 0 Å². The van der Waals surface area contributed by atoms with Gasteiger partial charge >= 0.3 is 0 Å². The van der Waals surface area contributed by atoms with E-state index >= 15 is 0 Å². The molecule has 0 aliphatic rings. The number of nitro groups is 1. The lowest BCUT2D eigenvalue weighted by atomic mass is 10.3. The maximum absolute atomic E-state index is 10.5. The second kappa shape index (κ2) is 7.11. The van der Waals surface area contributed by atoms with E-state index in [9.17, 15) is 10.1 Å². The number of nitro benzene ring substituents is 1. The number of aliphatic hydroxyl groups is 1. The van der Waals surface area contributed by atoms with Crippen molar-refractivity contribution in [2.75, 3.05) is 18.5 Å². The van der Waals surface area contributed by atoms with Gasteiger partial charge in [0.1, 0.15) is 0 Å². The topological polar surface area (TPSA) is 100 Å². The van der Waals surface area contributed by atoms with Crippen molar-refractivity contribution in [2.24, 2.45) is 10.2 Å². The molecule has 7 heteroatoms. The van der Waals surface area contributed by atoms with Gasteiger partial charge in [-0.1, -0.05) is 0 Å². The van der Waals surface area contributed by atoms with Crippen LogP contribution in [0.1, 0.15) is 0 Å². The molecule has 0 aromatic heterocycles. The van der Waals surface area contributed by atoms with Crippen LogP contribution in [-0.2, 0) is 0 Å². The van der Waals surface area contributed by atoms with Gasteiger partial charge in [0.25, 0.3) is 5.69 Å². The molecule has 0 saturated carbocycles. The Kier molecular flexibility index (Phi) is 4.94. The summed E-state index contributed by atoms with van der Waals surface area (Å²) in [5.74, 6) is 0. The minimum Gasteiger partial charge on any atom is -0.395 e. The lowest BCUT2D eigenvalue weighted by Gasteiger charge is -2.03. The SMILES string of the molecule is O=[N+]([O-])c1ccc(/N=N/c2ccc(NCCO)cc2)cc1. The van der Waals surface area contributed by atoms with E-state index in [4.69, 9.17) is 5.11 Å². The first-order valence-electron chi connectivity index (χ1n) is 6.30. The number of rotatable bonds is 6. The Labute approximate surface area is 121 Å². The molecule has 0 heterocycles. The van der Waals surface area contributed by atoms with Crippen molar-refractivity contribution in [3.05, 3.63) is 58.6 Å². The van der Waals surface area contributed by atoms with Gasteiger partial charge in [-0.25, -0.2) is 0 Å². The summed E-state index contributed by atoms with van der Waals surface area (Å²) < 4.78 is 0. The molecule has 0 spiro atoms. The van der Waals surface area contributed by atoms with Gasteiger partial charge in [-0.2, -0.15) is 10.2 Å². The van der Waals surface area contributed by atoms with Gasteiger partial charge in [0.2, 0.25) is 0 Å². The molecule has 0 saturated heterocycles. The zero-order valence-corrected chi connectivity index (χ0v) is 11.1. The maximum atomic E-state index is 10.5. The minimum atomic E-state index is -0.459. The molecule has 21 heavy (non-hydrogen) atoms. The number of non-ortho nitro benzene ring substituents is 1. The number of aliphatic hydroxyl groups excluding tert-OH is 1. The van der Waals surface area contributed by atoms with Crippen molar-refractivity contribution < 1.29 is 10.0 Å². The lowest BCUT2D eigenvalue weighted by molar-refractivity contribution is -0.384. The number of nitrogens with zero attached hydrogens (tertiary/aromatic N) is 3. The van der Waals surface area contributed by atoms with Gasteiger partial charge in [0.15, 0.2) is 0 Å². The lowest BCUT2D eigenvalue weighted by Crippen LogP contribution is -2.04. The van der Waals surface area contributed by atoms with Crippen LogP contribution in [0.5, 0.6) is 0 Å². The summed E-state index contributed by atoms with van der Waals surface area (Å²) >= 11 is 0. The average Bonchev–Trinajstić information content (AvgIpc) is 2.52. The van der Waals surface area contributed by atoms with Gasteiger partial charge < -0.3 is 10.4 Å². The number of anilines is 1. The molecule has 0 bridgehead atoms. The molecule has 0 aliphatic carbocycles. The van der Waals surface area contributed by atoms with Crippen LogP contribution < -0.4 is 5.32 Å². The highest BCUT2D eigenvalue weighted by Gasteiger charge is 2.03. The van der Waals surface area contributed by atoms with Crippen LogP contribution in [0, 0.1) is 10.1 Å². The number of hydrogen-bond donors (Lipinski definition) is 2. The molecule has 7 nitrogen and oxygen atoms in total. The van der Waals surface area contributed by atoms with Gasteiger partial charge in [0.05, 0.1) is 22.9 Å². The summed E-state index contributed by atoms with van der Waals surface area (Å²) in [7, 11) is 0. The van der Waals surface area contributed by atoms with Crippen molar-refractivity contribution in [1.82, 2.24) is 0 Å². The highest BCUT2D eigenvalue weighted by atomic mass is 16.6. The fourth-order valence-corrected chi connectivity index (χ4v) is 1.60. The third kappa shape index (κ3) is 4.36. The first-order chi connectivity index (χ1) is 10.2. The van der Waals surface area contributed by atoms with Gasteiger partial charge in [0, 0.05) is 24.4 Å². The molecule has 0 radical (unpaired) electrons. The molecule has 0 unspecified atom stereocenters. The second-order valence-electron chi connectivity index (χ2n) is 4.17. The monoisotopic (exact) mass is 286 g/mol. The Morgan fingerprint density at radius 2 is 1.52 bits per heavy atom. The highest BCUT2D eigenvalue weighted by Crippen LogP contribution is 2.22. The third-order valence-electron chi connectivity index (χ3n) is 2.65. The van der Waals surface area contributed by atoms with E-state index < -0.39 is 4.92 Å². The van der Waals surface area contributed by atoms with Crippen molar-refractivity contribution in [2.45, 2.75) is 0 Å². The van der Waals surface area contributed by atoms with Crippen LogP contribution in [0.4, 0.5) is 22.7 Å². The first-order valence-corrected chi connectivity index (χ1v) is 6.30. The summed E-state index contributed by atoms with van der Waals surface area (Å²) in [5.41, 5.74) is 2.12. The fraction of sp³-hybridized carbons (Fsp3) is 0.143. The van der Waals surface area contributed by atoms with E-state index in [0.717, 1.165) is 5.69 Å². The van der Waals surface area contributed by atoms with Crippen LogP contribution in [0.3, 0.4) is 0 Å². The molecule has 0 amide bonds. The summed E-state index contributed by atoms with van der Waals surface area (Å²) in [4.78, 5) is 10.1. The van der Waals surface area contributed by atoms with Crippen LogP contribution in [0.2, 0.25) is 0 Å². The summed E-state index contributed by atoms with van der Waals surface area (Å²) in [6.45, 7) is 0.561. The van der Waals surface area contributed by atoms with Crippen LogP contribution in [-0.4, -0.2) is 23.2 Å². The molecule has 2 N–H and O–H groups in total. The molecule has 0 aliphatic heterocycles. The third-order valence-corrected chi connectivity index (χ3v) is 2.65. The Morgan fingerprint density at radius 3 is 2.00 bits per heavy atom. The number of benzene rings is 2. The number of azo groups is 1. The zero-order valence-electron chi connectivity index (χ0n) is 11.1. The molecular formula is C14H14N4O3. The van der Waals surface area contributed by atoms with Crippen LogP contribution in [0.25, 0.3) is 0 Å². The molecule has 2 aromatic rings. The highest BCUT2D eigenvalue weighted by molar-refractivity contribution is 5.51. The quantitative estimate of drug-likeness (QED) is 0.482. The predicted molar refractivity (Wildman–Crippen MR) is 79.3 cm³/mol. The summed E-state index contributed by atoms with van der Waals surface area (Å²) in [6, 6.07) is 13.1. The van der Waals surface area contributed by atoms with Crippen molar-refractivity contribution >= 4 is 22.7 Å². The Morgan fingerprint density at radius 1 is 1.00 bits per heavy atom. The van der Waals surface area contributed by atoms with Crippen LogP contribution >= 0.6 is 0 Å². The smallest absolute Gasteiger partial charge is 0.269 e. The first kappa shape index (κ1) is 14.6. The van der Waals surface area contributed by atoms with Crippen molar-refractivity contribution in [1.29, 1.82) is 0 Å². The molecule has 108 valence electrons. The van der Waals surface area contributed by atoms with Crippen LogP contribution in [0.15, 0.2) is 58.8 Å². The van der Waals surface area contributed by atoms with E-state index in [2.05, 4.69) is 15.5 Å². The molecular weight excluding hydrogens is 272 g/mol. The Hall–Kier alpha value is -2.80. The normalized spacial score (nSPS) is 10.7. The second-order valence-corrected chi connectivity index (χ2v) is 4.17. The molecule has 0 atom stereocenters. The summed E-state index contributed by atoms with van der Waals surface area (Å²) in [5, 5.41) is 30.3. The summed E-state index contributed by atoms with van der Waals surface area (Å²) in [6.07, 6.45) is 0. The molecule has 0 fully saturated rings. The van der Waals surface area contributed by atoms with E-state index in [1.807, 2.05) is 12.1 Å². The van der Waals surface area contributed by atoms with E-state index in [1.165, 1.54) is 12.1 Å². The predicted octanol–water partition coefficient (Wildman–Crippen LogP) is 3.41. The Balaban J connectivity index is 2.01. The van der Waals surface area contributed by atoms with Gasteiger partial charge in [-0.05, 0) is 36.4 Å². The minimum absolute atomic E-state index is 0.0215. The fourth-order valence-electron chi connectivity index (χ4n) is 1.60. The number of nitrogens with one attached hydrogen (secondary N) is 1. The van der Waals surface area contributed by atoms with E-state index in [-0.39, 0.29) is 12.3 Å². The maximum Gasteiger partial charge on any atom is 0.269 e. The number of hydrogen-bond acceptors (Lipinski definition) is 6.